The lowest BCUT2D eigenvalue weighted by molar-refractivity contribution is -0.148. The molecule has 0 aromatic heterocycles. The van der Waals surface area contributed by atoms with Gasteiger partial charge in [0.1, 0.15) is 5.54 Å². The first kappa shape index (κ1) is 16.4. The zero-order valence-corrected chi connectivity index (χ0v) is 13.0. The zero-order valence-electron chi connectivity index (χ0n) is 13.0. The zero-order chi connectivity index (χ0) is 14.5. The van der Waals surface area contributed by atoms with Crippen molar-refractivity contribution in [2.24, 2.45) is 5.92 Å². The number of esters is 1. The van der Waals surface area contributed by atoms with Crippen LogP contribution in [-0.2, 0) is 9.53 Å². The topological polar surface area (TPSA) is 44.8 Å². The number of likely N-dealkylation sites (tertiary alicyclic amines) is 1. The van der Waals surface area contributed by atoms with E-state index in [0.29, 0.717) is 6.54 Å². The summed E-state index contributed by atoms with van der Waals surface area (Å²) in [5.41, 5.74) is -0.630. The van der Waals surface area contributed by atoms with Crippen LogP contribution in [0, 0.1) is 5.92 Å². The average Bonchev–Trinajstić information content (AvgIpc) is 2.40. The molecule has 0 spiro atoms. The van der Waals surface area contributed by atoms with E-state index < -0.39 is 5.54 Å². The van der Waals surface area contributed by atoms with Gasteiger partial charge >= 0.3 is 5.97 Å². The van der Waals surface area contributed by atoms with E-state index in [2.05, 4.69) is 29.2 Å². The molecule has 1 heterocycles. The van der Waals surface area contributed by atoms with Crippen molar-refractivity contribution in [2.75, 3.05) is 54.4 Å². The number of ether oxygens (including phenoxy) is 1. The molecule has 5 nitrogen and oxygen atoms in total. The summed E-state index contributed by atoms with van der Waals surface area (Å²) in [5, 5.41) is 3.08. The highest BCUT2D eigenvalue weighted by molar-refractivity contribution is 5.80. The Kier molecular flexibility index (Phi) is 6.23. The van der Waals surface area contributed by atoms with Crippen LogP contribution in [0.1, 0.15) is 19.8 Å². The molecule has 0 aromatic carbocycles. The van der Waals surface area contributed by atoms with Crippen molar-refractivity contribution in [3.05, 3.63) is 0 Å². The second-order valence-electron chi connectivity index (χ2n) is 6.02. The van der Waals surface area contributed by atoms with Gasteiger partial charge in [0.05, 0.1) is 7.11 Å². The highest BCUT2D eigenvalue weighted by Crippen LogP contribution is 2.18. The molecular weight excluding hydrogens is 242 g/mol. The lowest BCUT2D eigenvalue weighted by Gasteiger charge is -2.35. The maximum absolute atomic E-state index is 11.8. The molecule has 1 aliphatic heterocycles. The highest BCUT2D eigenvalue weighted by atomic mass is 16.5. The van der Waals surface area contributed by atoms with E-state index in [1.807, 2.05) is 6.92 Å². The first-order valence-corrected chi connectivity index (χ1v) is 7.05. The summed E-state index contributed by atoms with van der Waals surface area (Å²) >= 11 is 0. The normalized spacial score (nSPS) is 21.4. The van der Waals surface area contributed by atoms with Crippen LogP contribution in [0.2, 0.25) is 0 Å². The van der Waals surface area contributed by atoms with Crippen molar-refractivity contribution >= 4 is 5.97 Å². The second-order valence-corrected chi connectivity index (χ2v) is 6.02. The van der Waals surface area contributed by atoms with Gasteiger partial charge in [0.2, 0.25) is 0 Å². The maximum atomic E-state index is 11.8. The largest absolute Gasteiger partial charge is 0.468 e. The van der Waals surface area contributed by atoms with E-state index in [-0.39, 0.29) is 5.97 Å². The van der Waals surface area contributed by atoms with Gasteiger partial charge in [0.15, 0.2) is 0 Å². The number of hydrogen-bond donors (Lipinski definition) is 1. The van der Waals surface area contributed by atoms with Gasteiger partial charge in [-0.2, -0.15) is 0 Å². The fraction of sp³-hybridized carbons (Fsp3) is 0.929. The Morgan fingerprint density at radius 1 is 1.47 bits per heavy atom. The number of piperidine rings is 1. The molecule has 0 aliphatic carbocycles. The quantitative estimate of drug-likeness (QED) is 0.709. The van der Waals surface area contributed by atoms with Crippen LogP contribution in [0.3, 0.4) is 0 Å². The molecule has 1 fully saturated rings. The molecule has 0 bridgehead atoms. The van der Waals surface area contributed by atoms with E-state index in [4.69, 9.17) is 4.74 Å². The summed E-state index contributed by atoms with van der Waals surface area (Å²) in [6.45, 7) is 5.96. The molecule has 1 saturated heterocycles. The molecule has 1 unspecified atom stereocenters. The number of methoxy groups -OCH3 is 1. The fourth-order valence-electron chi connectivity index (χ4n) is 2.76. The van der Waals surface area contributed by atoms with Crippen LogP contribution in [0.15, 0.2) is 0 Å². The molecule has 0 saturated carbocycles. The maximum Gasteiger partial charge on any atom is 0.327 e. The predicted molar refractivity (Wildman–Crippen MR) is 77.2 cm³/mol. The van der Waals surface area contributed by atoms with Crippen molar-refractivity contribution < 1.29 is 9.53 Å². The Balaban J connectivity index is 2.45. The molecule has 5 heteroatoms. The molecule has 1 aliphatic rings. The highest BCUT2D eigenvalue weighted by Gasteiger charge is 2.34. The fourth-order valence-corrected chi connectivity index (χ4v) is 2.76. The Morgan fingerprint density at radius 3 is 2.53 bits per heavy atom. The standard InChI is InChI=1S/C14H29N3O2/c1-14(15-2,13(18)19-5)11-17(4)10-12-6-8-16(3)9-7-12/h12,15H,6-11H2,1-5H3. The number of carbonyl (C=O) groups excluding carboxylic acids is 1. The third kappa shape index (κ3) is 4.75. The van der Waals surface area contributed by atoms with Gasteiger partial charge in [-0.3, -0.25) is 4.79 Å². The summed E-state index contributed by atoms with van der Waals surface area (Å²) in [4.78, 5) is 16.4. The summed E-state index contributed by atoms with van der Waals surface area (Å²) in [6.07, 6.45) is 2.49. The minimum Gasteiger partial charge on any atom is -0.468 e. The van der Waals surface area contributed by atoms with Crippen LogP contribution >= 0.6 is 0 Å². The van der Waals surface area contributed by atoms with Crippen LogP contribution in [-0.4, -0.2) is 75.7 Å². The van der Waals surface area contributed by atoms with Gasteiger partial charge in [-0.05, 0) is 59.9 Å². The van der Waals surface area contributed by atoms with E-state index in [9.17, 15) is 4.79 Å². The van der Waals surface area contributed by atoms with Crippen LogP contribution in [0.25, 0.3) is 0 Å². The molecular formula is C14H29N3O2. The van der Waals surface area contributed by atoms with E-state index >= 15 is 0 Å². The summed E-state index contributed by atoms with van der Waals surface area (Å²) in [5.74, 6) is 0.533. The molecule has 1 rings (SSSR count). The van der Waals surface area contributed by atoms with Gasteiger partial charge in [0, 0.05) is 13.1 Å². The molecule has 0 amide bonds. The third-order valence-corrected chi connectivity index (χ3v) is 4.18. The monoisotopic (exact) mass is 271 g/mol. The number of nitrogens with zero attached hydrogens (tertiary/aromatic N) is 2. The summed E-state index contributed by atoms with van der Waals surface area (Å²) in [7, 11) is 7.50. The number of rotatable bonds is 6. The first-order valence-electron chi connectivity index (χ1n) is 7.05. The lowest BCUT2D eigenvalue weighted by atomic mass is 9.95. The number of hydrogen-bond acceptors (Lipinski definition) is 5. The van der Waals surface area contributed by atoms with Gasteiger partial charge in [-0.1, -0.05) is 0 Å². The van der Waals surface area contributed by atoms with Crippen molar-refractivity contribution in [3.63, 3.8) is 0 Å². The average molecular weight is 271 g/mol. The van der Waals surface area contributed by atoms with Gasteiger partial charge < -0.3 is 19.9 Å². The van der Waals surface area contributed by atoms with Crippen LogP contribution in [0.5, 0.6) is 0 Å². The van der Waals surface area contributed by atoms with Gasteiger partial charge in [-0.25, -0.2) is 0 Å². The number of nitrogens with one attached hydrogen (secondary N) is 1. The van der Waals surface area contributed by atoms with Crippen molar-refractivity contribution in [2.45, 2.75) is 25.3 Å². The summed E-state index contributed by atoms with van der Waals surface area (Å²) in [6, 6.07) is 0. The minimum atomic E-state index is -0.630. The van der Waals surface area contributed by atoms with Gasteiger partial charge in [-0.15, -0.1) is 0 Å². The first-order chi connectivity index (χ1) is 8.91. The van der Waals surface area contributed by atoms with Crippen LogP contribution < -0.4 is 5.32 Å². The summed E-state index contributed by atoms with van der Waals surface area (Å²) < 4.78 is 4.88. The number of carbonyl (C=O) groups is 1. The smallest absolute Gasteiger partial charge is 0.327 e. The molecule has 19 heavy (non-hydrogen) atoms. The Hall–Kier alpha value is -0.650. The Bertz CT molecular complexity index is 290. The van der Waals surface area contributed by atoms with E-state index in [1.54, 1.807) is 7.05 Å². The Labute approximate surface area is 117 Å². The van der Waals surface area contributed by atoms with Crippen LogP contribution in [0.4, 0.5) is 0 Å². The van der Waals surface area contributed by atoms with E-state index in [1.165, 1.54) is 33.0 Å². The predicted octanol–water partition coefficient (Wildman–Crippen LogP) is 0.411. The molecule has 112 valence electrons. The third-order valence-electron chi connectivity index (χ3n) is 4.18. The lowest BCUT2D eigenvalue weighted by Crippen LogP contribution is -2.56. The number of likely N-dealkylation sites (N-methyl/N-ethyl adjacent to an activating group) is 2. The second kappa shape index (κ2) is 7.22. The van der Waals surface area contributed by atoms with Crippen molar-refractivity contribution in [1.29, 1.82) is 0 Å². The molecule has 0 aromatic rings. The molecule has 1 N–H and O–H groups in total. The SMILES string of the molecule is CNC(C)(CN(C)CC1CCN(C)CC1)C(=O)OC. The van der Waals surface area contributed by atoms with Crippen molar-refractivity contribution in [1.82, 2.24) is 15.1 Å². The molecule has 1 atom stereocenters. The van der Waals surface area contributed by atoms with E-state index in [0.717, 1.165) is 12.5 Å². The van der Waals surface area contributed by atoms with Gasteiger partial charge in [0.25, 0.3) is 0 Å². The molecule has 0 radical (unpaired) electrons. The minimum absolute atomic E-state index is 0.203. The van der Waals surface area contributed by atoms with Crippen molar-refractivity contribution in [3.8, 4) is 0 Å². The Morgan fingerprint density at radius 2 is 2.05 bits per heavy atom.